The van der Waals surface area contributed by atoms with Crippen molar-refractivity contribution < 1.29 is 0 Å². The number of hydrogen-bond donors (Lipinski definition) is 0. The van der Waals surface area contributed by atoms with Crippen molar-refractivity contribution in [3.8, 4) is 23.0 Å². The molecule has 6 heteroatoms. The number of fused-ring (bicyclic) bond motifs is 7. The van der Waals surface area contributed by atoms with Gasteiger partial charge in [0.05, 0.1) is 34.5 Å². The highest BCUT2D eigenvalue weighted by Crippen LogP contribution is 2.39. The summed E-state index contributed by atoms with van der Waals surface area (Å²) in [5, 5.41) is 4.69. The molecule has 0 amide bonds. The standard InChI is InChI=1S/C36H22N6/c1-3-11-23(12-4-1)35-37-21-30-29(39-35)22-38-36(40-30)42-32-18-10-8-16-26(32)28-19-33-27(20-34(28)42)25-15-7-9-17-31(25)41(33)24-13-5-2-6-14-24/h1-22H. The fourth-order valence-electron chi connectivity index (χ4n) is 6.16. The van der Waals surface area contributed by atoms with Crippen LogP contribution in [0.15, 0.2) is 134 Å². The third-order valence-electron chi connectivity index (χ3n) is 8.03. The summed E-state index contributed by atoms with van der Waals surface area (Å²) in [5.74, 6) is 1.25. The van der Waals surface area contributed by atoms with Crippen LogP contribution < -0.4 is 0 Å². The van der Waals surface area contributed by atoms with E-state index in [0.717, 1.165) is 33.1 Å². The van der Waals surface area contributed by atoms with Crippen LogP contribution in [0.4, 0.5) is 0 Å². The number of aromatic nitrogens is 6. The van der Waals surface area contributed by atoms with Gasteiger partial charge in [0.25, 0.3) is 0 Å². The highest BCUT2D eigenvalue weighted by molar-refractivity contribution is 6.18. The second kappa shape index (κ2) is 8.81. The smallest absolute Gasteiger partial charge is 0.235 e. The van der Waals surface area contributed by atoms with Crippen molar-refractivity contribution >= 4 is 54.6 Å². The first kappa shape index (κ1) is 22.9. The van der Waals surface area contributed by atoms with Gasteiger partial charge >= 0.3 is 0 Å². The van der Waals surface area contributed by atoms with Gasteiger partial charge in [0, 0.05) is 32.8 Å². The molecule has 0 saturated heterocycles. The maximum Gasteiger partial charge on any atom is 0.235 e. The Hall–Kier alpha value is -5.88. The molecule has 0 aliphatic carbocycles. The molecule has 0 aliphatic rings. The lowest BCUT2D eigenvalue weighted by atomic mass is 10.1. The predicted molar refractivity (Wildman–Crippen MR) is 169 cm³/mol. The van der Waals surface area contributed by atoms with E-state index < -0.39 is 0 Å². The van der Waals surface area contributed by atoms with Gasteiger partial charge < -0.3 is 4.57 Å². The Balaban J connectivity index is 1.32. The van der Waals surface area contributed by atoms with Gasteiger partial charge in [0.15, 0.2) is 5.82 Å². The van der Waals surface area contributed by atoms with Gasteiger partial charge in [0.2, 0.25) is 5.95 Å². The van der Waals surface area contributed by atoms with E-state index in [2.05, 4.69) is 105 Å². The minimum atomic E-state index is 0.593. The van der Waals surface area contributed by atoms with Crippen LogP contribution in [0.3, 0.4) is 0 Å². The number of benzene rings is 5. The Morgan fingerprint density at radius 1 is 0.429 bits per heavy atom. The van der Waals surface area contributed by atoms with E-state index in [9.17, 15) is 0 Å². The van der Waals surface area contributed by atoms with Crippen molar-refractivity contribution in [3.05, 3.63) is 134 Å². The normalized spacial score (nSPS) is 11.8. The van der Waals surface area contributed by atoms with E-state index in [1.165, 1.54) is 21.8 Å². The Morgan fingerprint density at radius 3 is 1.69 bits per heavy atom. The van der Waals surface area contributed by atoms with Crippen LogP contribution in [-0.4, -0.2) is 29.1 Å². The number of hydrogen-bond acceptors (Lipinski definition) is 4. The van der Waals surface area contributed by atoms with Crippen molar-refractivity contribution in [2.75, 3.05) is 0 Å². The first-order valence-corrected chi connectivity index (χ1v) is 13.9. The zero-order chi connectivity index (χ0) is 27.6. The van der Waals surface area contributed by atoms with Crippen LogP contribution in [0.25, 0.3) is 77.7 Å². The summed E-state index contributed by atoms with van der Waals surface area (Å²) < 4.78 is 4.51. The summed E-state index contributed by atoms with van der Waals surface area (Å²) in [5.41, 5.74) is 7.96. The quantitative estimate of drug-likeness (QED) is 0.227. The van der Waals surface area contributed by atoms with E-state index in [1.54, 1.807) is 12.4 Å². The lowest BCUT2D eigenvalue weighted by Crippen LogP contribution is -2.02. The fourth-order valence-corrected chi connectivity index (χ4v) is 6.16. The van der Waals surface area contributed by atoms with Crippen LogP contribution in [0.1, 0.15) is 0 Å². The fraction of sp³-hybridized carbons (Fsp3) is 0. The lowest BCUT2D eigenvalue weighted by molar-refractivity contribution is 1.00. The van der Waals surface area contributed by atoms with Crippen LogP contribution in [-0.2, 0) is 0 Å². The Labute approximate surface area is 240 Å². The van der Waals surface area contributed by atoms with Crippen molar-refractivity contribution in [2.45, 2.75) is 0 Å². The molecule has 0 unspecified atom stereocenters. The number of rotatable bonds is 3. The Kier molecular flexibility index (Phi) is 4.80. The third-order valence-corrected chi connectivity index (χ3v) is 8.03. The molecule has 196 valence electrons. The average Bonchev–Trinajstić information content (AvgIpc) is 3.56. The summed E-state index contributed by atoms with van der Waals surface area (Å²) in [7, 11) is 0. The summed E-state index contributed by atoms with van der Waals surface area (Å²) in [6, 6.07) is 42.2. The Bertz CT molecular complexity index is 2460. The molecule has 4 aromatic heterocycles. The summed E-state index contributed by atoms with van der Waals surface area (Å²) in [4.78, 5) is 19.2. The highest BCUT2D eigenvalue weighted by atomic mass is 15.2. The topological polar surface area (TPSA) is 61.4 Å². The zero-order valence-electron chi connectivity index (χ0n) is 22.4. The van der Waals surface area contributed by atoms with Crippen molar-refractivity contribution in [3.63, 3.8) is 0 Å². The summed E-state index contributed by atoms with van der Waals surface area (Å²) in [6.45, 7) is 0. The van der Waals surface area contributed by atoms with E-state index in [0.29, 0.717) is 22.8 Å². The molecule has 0 saturated carbocycles. The van der Waals surface area contributed by atoms with Crippen molar-refractivity contribution in [1.82, 2.24) is 29.1 Å². The molecule has 9 rings (SSSR count). The molecule has 0 aliphatic heterocycles. The molecule has 5 aromatic carbocycles. The monoisotopic (exact) mass is 538 g/mol. The molecular weight excluding hydrogens is 516 g/mol. The molecule has 4 heterocycles. The van der Waals surface area contributed by atoms with Crippen LogP contribution in [0.5, 0.6) is 0 Å². The SMILES string of the molecule is c1ccc(-c2ncc3nc(-n4c5ccccc5c5cc6c(cc54)c4ccccc4n6-c4ccccc4)ncc3n2)cc1. The maximum absolute atomic E-state index is 4.97. The molecule has 9 aromatic rings. The molecular formula is C36H22N6. The number of para-hydroxylation sites is 3. The van der Waals surface area contributed by atoms with Gasteiger partial charge in [-0.15, -0.1) is 0 Å². The van der Waals surface area contributed by atoms with Gasteiger partial charge in [0.1, 0.15) is 11.0 Å². The van der Waals surface area contributed by atoms with E-state index in [1.807, 2.05) is 30.3 Å². The molecule has 6 nitrogen and oxygen atoms in total. The van der Waals surface area contributed by atoms with Gasteiger partial charge in [-0.3, -0.25) is 4.57 Å². The number of nitrogens with zero attached hydrogens (tertiary/aromatic N) is 6. The van der Waals surface area contributed by atoms with Crippen LogP contribution in [0, 0.1) is 0 Å². The minimum Gasteiger partial charge on any atom is -0.309 e. The first-order chi connectivity index (χ1) is 20.8. The lowest BCUT2D eigenvalue weighted by Gasteiger charge is -2.09. The van der Waals surface area contributed by atoms with E-state index in [-0.39, 0.29) is 0 Å². The third kappa shape index (κ3) is 3.32. The van der Waals surface area contributed by atoms with Gasteiger partial charge in [-0.1, -0.05) is 84.9 Å². The minimum absolute atomic E-state index is 0.593. The zero-order valence-corrected chi connectivity index (χ0v) is 22.4. The van der Waals surface area contributed by atoms with Crippen molar-refractivity contribution in [1.29, 1.82) is 0 Å². The molecule has 0 bridgehead atoms. The molecule has 0 N–H and O–H groups in total. The molecule has 42 heavy (non-hydrogen) atoms. The maximum atomic E-state index is 4.97. The molecule has 0 radical (unpaired) electrons. The van der Waals surface area contributed by atoms with Crippen molar-refractivity contribution in [2.24, 2.45) is 0 Å². The molecule has 0 fully saturated rings. The van der Waals surface area contributed by atoms with Crippen LogP contribution >= 0.6 is 0 Å². The highest BCUT2D eigenvalue weighted by Gasteiger charge is 2.19. The largest absolute Gasteiger partial charge is 0.309 e. The van der Waals surface area contributed by atoms with Gasteiger partial charge in [-0.05, 0) is 36.4 Å². The second-order valence-corrected chi connectivity index (χ2v) is 10.4. The molecule has 0 spiro atoms. The predicted octanol–water partition coefficient (Wildman–Crippen LogP) is 8.28. The first-order valence-electron chi connectivity index (χ1n) is 13.9. The average molecular weight is 539 g/mol. The van der Waals surface area contributed by atoms with Crippen LogP contribution in [0.2, 0.25) is 0 Å². The summed E-state index contributed by atoms with van der Waals surface area (Å²) >= 11 is 0. The second-order valence-electron chi connectivity index (χ2n) is 10.4. The van der Waals surface area contributed by atoms with E-state index in [4.69, 9.17) is 15.0 Å². The van der Waals surface area contributed by atoms with Gasteiger partial charge in [-0.25, -0.2) is 19.9 Å². The summed E-state index contributed by atoms with van der Waals surface area (Å²) in [6.07, 6.45) is 3.58. The van der Waals surface area contributed by atoms with E-state index >= 15 is 0 Å². The van der Waals surface area contributed by atoms with Gasteiger partial charge in [-0.2, -0.15) is 0 Å². The molecule has 0 atom stereocenters. The Morgan fingerprint density at radius 2 is 0.976 bits per heavy atom.